The van der Waals surface area contributed by atoms with Gasteiger partial charge in [-0.3, -0.25) is 0 Å². The number of hydrogen-bond donors (Lipinski definition) is 1. The Balaban J connectivity index is 1.55. The van der Waals surface area contributed by atoms with Gasteiger partial charge in [-0.1, -0.05) is 29.8 Å². The fourth-order valence-electron chi connectivity index (χ4n) is 2.76. The Hall–Kier alpha value is -3.26. The van der Waals surface area contributed by atoms with E-state index in [-0.39, 0.29) is 12.3 Å². The van der Waals surface area contributed by atoms with E-state index in [9.17, 15) is 4.79 Å². The molecule has 1 N–H and O–H groups in total. The Morgan fingerprint density at radius 1 is 1.30 bits per heavy atom. The second-order valence-electron chi connectivity index (χ2n) is 5.76. The third kappa shape index (κ3) is 3.39. The summed E-state index contributed by atoms with van der Waals surface area (Å²) >= 11 is 6.04. The number of imidazole rings is 1. The molecule has 4 rings (SSSR count). The highest BCUT2D eigenvalue weighted by molar-refractivity contribution is 6.30. The van der Waals surface area contributed by atoms with Crippen LogP contribution in [-0.4, -0.2) is 35.9 Å². The standard InChI is InChI=1S/C18H15ClN6O2/c1-2-14-16(23-24-25(14)12-6-3-5-11(19)9-12)18(26)27-10-15-21-13-7-4-8-20-17(13)22-15/h3-9H,2,10H2,1H3,(H,20,21,22). The first-order chi connectivity index (χ1) is 13.2. The summed E-state index contributed by atoms with van der Waals surface area (Å²) in [6, 6.07) is 10.8. The second kappa shape index (κ2) is 7.16. The molecule has 1 aromatic carbocycles. The molecule has 0 radical (unpaired) electrons. The van der Waals surface area contributed by atoms with Gasteiger partial charge in [-0.25, -0.2) is 19.4 Å². The van der Waals surface area contributed by atoms with E-state index >= 15 is 0 Å². The van der Waals surface area contributed by atoms with Crippen LogP contribution in [0.25, 0.3) is 16.9 Å². The number of H-pyrrole nitrogens is 1. The Bertz CT molecular complexity index is 1090. The van der Waals surface area contributed by atoms with Crippen LogP contribution in [0.3, 0.4) is 0 Å². The number of halogens is 1. The van der Waals surface area contributed by atoms with E-state index in [1.807, 2.05) is 25.1 Å². The van der Waals surface area contributed by atoms with Gasteiger partial charge >= 0.3 is 5.97 Å². The van der Waals surface area contributed by atoms with E-state index in [0.29, 0.717) is 28.6 Å². The maximum atomic E-state index is 12.5. The van der Waals surface area contributed by atoms with Crippen LogP contribution in [-0.2, 0) is 17.8 Å². The third-order valence-electron chi connectivity index (χ3n) is 3.99. The van der Waals surface area contributed by atoms with Gasteiger partial charge in [-0.05, 0) is 36.8 Å². The predicted molar refractivity (Wildman–Crippen MR) is 98.8 cm³/mol. The van der Waals surface area contributed by atoms with E-state index in [4.69, 9.17) is 16.3 Å². The third-order valence-corrected chi connectivity index (χ3v) is 4.23. The molecule has 0 aliphatic carbocycles. The number of pyridine rings is 1. The minimum atomic E-state index is -0.562. The second-order valence-corrected chi connectivity index (χ2v) is 6.20. The van der Waals surface area contributed by atoms with Gasteiger partial charge in [0.15, 0.2) is 11.3 Å². The lowest BCUT2D eigenvalue weighted by Crippen LogP contribution is -2.10. The van der Waals surface area contributed by atoms with Crippen LogP contribution in [0.2, 0.25) is 5.02 Å². The maximum absolute atomic E-state index is 12.5. The van der Waals surface area contributed by atoms with Crippen LogP contribution < -0.4 is 0 Å². The van der Waals surface area contributed by atoms with Crippen molar-refractivity contribution in [1.29, 1.82) is 0 Å². The largest absolute Gasteiger partial charge is 0.453 e. The van der Waals surface area contributed by atoms with E-state index in [0.717, 1.165) is 11.2 Å². The fourth-order valence-corrected chi connectivity index (χ4v) is 2.94. The molecule has 9 heteroatoms. The van der Waals surface area contributed by atoms with Gasteiger partial charge in [0.1, 0.15) is 12.4 Å². The van der Waals surface area contributed by atoms with E-state index in [1.165, 1.54) is 0 Å². The van der Waals surface area contributed by atoms with Crippen molar-refractivity contribution in [3.8, 4) is 5.69 Å². The van der Waals surface area contributed by atoms with Crippen molar-refractivity contribution >= 4 is 28.7 Å². The highest BCUT2D eigenvalue weighted by Gasteiger charge is 2.21. The summed E-state index contributed by atoms with van der Waals surface area (Å²) in [5.41, 5.74) is 2.91. The minimum Gasteiger partial charge on any atom is -0.453 e. The highest BCUT2D eigenvalue weighted by Crippen LogP contribution is 2.18. The number of hydrogen-bond acceptors (Lipinski definition) is 6. The lowest BCUT2D eigenvalue weighted by Gasteiger charge is -2.06. The highest BCUT2D eigenvalue weighted by atomic mass is 35.5. The van der Waals surface area contributed by atoms with Gasteiger partial charge in [-0.15, -0.1) is 5.10 Å². The molecule has 0 bridgehead atoms. The van der Waals surface area contributed by atoms with Gasteiger partial charge in [0.2, 0.25) is 0 Å². The summed E-state index contributed by atoms with van der Waals surface area (Å²) in [4.78, 5) is 24.0. The number of carbonyl (C=O) groups excluding carboxylic acids is 1. The molecule has 3 heterocycles. The molecule has 0 unspecified atom stereocenters. The Morgan fingerprint density at radius 2 is 2.19 bits per heavy atom. The van der Waals surface area contributed by atoms with Crippen LogP contribution in [0.5, 0.6) is 0 Å². The quantitative estimate of drug-likeness (QED) is 0.532. The van der Waals surface area contributed by atoms with Gasteiger partial charge in [0.05, 0.1) is 16.9 Å². The predicted octanol–water partition coefficient (Wildman–Crippen LogP) is 3.11. The van der Waals surface area contributed by atoms with Crippen molar-refractivity contribution in [3.05, 3.63) is 64.8 Å². The molecular weight excluding hydrogens is 368 g/mol. The van der Waals surface area contributed by atoms with Gasteiger partial charge in [0.25, 0.3) is 0 Å². The van der Waals surface area contributed by atoms with Crippen molar-refractivity contribution in [1.82, 2.24) is 29.9 Å². The first-order valence-electron chi connectivity index (χ1n) is 8.33. The van der Waals surface area contributed by atoms with Crippen molar-refractivity contribution < 1.29 is 9.53 Å². The number of rotatable bonds is 5. The molecule has 0 aliphatic rings. The average Bonchev–Trinajstić information content (AvgIpc) is 3.29. The Kier molecular flexibility index (Phi) is 4.55. The number of aromatic amines is 1. The van der Waals surface area contributed by atoms with Crippen molar-refractivity contribution in [2.75, 3.05) is 0 Å². The van der Waals surface area contributed by atoms with E-state index in [2.05, 4.69) is 25.3 Å². The number of esters is 1. The molecule has 0 aliphatic heterocycles. The van der Waals surface area contributed by atoms with Gasteiger partial charge in [-0.2, -0.15) is 0 Å². The molecule has 0 saturated heterocycles. The van der Waals surface area contributed by atoms with Crippen LogP contribution in [0, 0.1) is 0 Å². The van der Waals surface area contributed by atoms with Gasteiger partial charge in [0, 0.05) is 11.2 Å². The summed E-state index contributed by atoms with van der Waals surface area (Å²) in [7, 11) is 0. The van der Waals surface area contributed by atoms with Crippen molar-refractivity contribution in [3.63, 3.8) is 0 Å². The molecule has 0 saturated carbocycles. The zero-order valence-corrected chi connectivity index (χ0v) is 15.1. The molecule has 136 valence electrons. The number of carbonyl (C=O) groups is 1. The number of fused-ring (bicyclic) bond motifs is 1. The molecule has 0 amide bonds. The van der Waals surface area contributed by atoms with E-state index < -0.39 is 5.97 Å². The molecule has 0 spiro atoms. The number of ether oxygens (including phenoxy) is 1. The minimum absolute atomic E-state index is 0.0115. The van der Waals surface area contributed by atoms with Crippen LogP contribution in [0.4, 0.5) is 0 Å². The summed E-state index contributed by atoms with van der Waals surface area (Å²) in [6.07, 6.45) is 2.21. The first kappa shape index (κ1) is 17.2. The average molecular weight is 383 g/mol. The Labute approximate surface area is 159 Å². The number of nitrogens with zero attached hydrogens (tertiary/aromatic N) is 5. The molecule has 0 fully saturated rings. The van der Waals surface area contributed by atoms with Crippen LogP contribution in [0.15, 0.2) is 42.6 Å². The van der Waals surface area contributed by atoms with Crippen LogP contribution >= 0.6 is 11.6 Å². The van der Waals surface area contributed by atoms with E-state index in [1.54, 1.807) is 29.1 Å². The van der Waals surface area contributed by atoms with Crippen molar-refractivity contribution in [2.45, 2.75) is 20.0 Å². The lowest BCUT2D eigenvalue weighted by molar-refractivity contribution is 0.0455. The van der Waals surface area contributed by atoms with Gasteiger partial charge < -0.3 is 9.72 Å². The number of aromatic nitrogens is 6. The lowest BCUT2D eigenvalue weighted by atomic mass is 10.2. The SMILES string of the molecule is CCc1c(C(=O)OCc2nc3ncccc3[nH]2)nnn1-c1cccc(Cl)c1. The topological polar surface area (TPSA) is 98.6 Å². The first-order valence-corrected chi connectivity index (χ1v) is 8.70. The van der Waals surface area contributed by atoms with Crippen LogP contribution in [0.1, 0.15) is 28.9 Å². The maximum Gasteiger partial charge on any atom is 0.361 e. The summed E-state index contributed by atoms with van der Waals surface area (Å²) in [5.74, 6) is -0.0501. The molecule has 3 aromatic heterocycles. The monoisotopic (exact) mass is 382 g/mol. The number of nitrogens with one attached hydrogen (secondary N) is 1. The molecule has 4 aromatic rings. The summed E-state index contributed by atoms with van der Waals surface area (Å²) < 4.78 is 6.95. The summed E-state index contributed by atoms with van der Waals surface area (Å²) in [6.45, 7) is 1.91. The molecule has 0 atom stereocenters. The molecular formula is C18H15ClN6O2. The number of benzene rings is 1. The normalized spacial score (nSPS) is 11.0. The zero-order valence-electron chi connectivity index (χ0n) is 14.4. The fraction of sp³-hybridized carbons (Fsp3) is 0.167. The molecule has 8 nitrogen and oxygen atoms in total. The smallest absolute Gasteiger partial charge is 0.361 e. The summed E-state index contributed by atoms with van der Waals surface area (Å²) in [5, 5.41) is 8.66. The van der Waals surface area contributed by atoms with Crippen molar-refractivity contribution in [2.24, 2.45) is 0 Å². The Morgan fingerprint density at radius 3 is 2.96 bits per heavy atom. The zero-order chi connectivity index (χ0) is 18.8. The molecule has 27 heavy (non-hydrogen) atoms.